The number of rotatable bonds is 6. The van der Waals surface area contributed by atoms with Gasteiger partial charge in [-0.15, -0.1) is 5.10 Å². The van der Waals surface area contributed by atoms with E-state index in [-0.39, 0.29) is 11.6 Å². The molecule has 0 saturated heterocycles. The van der Waals surface area contributed by atoms with E-state index in [0.29, 0.717) is 27.7 Å². The number of esters is 1. The summed E-state index contributed by atoms with van der Waals surface area (Å²) in [5.74, 6) is -1.54. The molecule has 0 bridgehead atoms. The van der Waals surface area contributed by atoms with Gasteiger partial charge in [0.15, 0.2) is 18.2 Å². The molecule has 0 saturated carbocycles. The summed E-state index contributed by atoms with van der Waals surface area (Å²) in [6.45, 7) is 1.42. The summed E-state index contributed by atoms with van der Waals surface area (Å²) in [5.41, 5.74) is 2.40. The maximum Gasteiger partial charge on any atom is 0.378 e. The van der Waals surface area contributed by atoms with E-state index in [9.17, 15) is 14.0 Å². The third-order valence-electron chi connectivity index (χ3n) is 4.72. The molecular formula is C24H17ClFN3O3. The van der Waals surface area contributed by atoms with Gasteiger partial charge in [-0.25, -0.2) is 18.9 Å². The molecule has 0 fully saturated rings. The molecule has 1 aromatic heterocycles. The Kier molecular flexibility index (Phi) is 6.09. The van der Waals surface area contributed by atoms with Gasteiger partial charge >= 0.3 is 5.97 Å². The standard InChI is InChI=1S/C24H17ClFN3O3/c1-15-7-12-19(13-20(15)25)29-23(17-8-10-18(26)11-9-17)27-22(28-29)24(31)32-14-21(30)16-5-3-2-4-6-16/h2-13H,14H2,1H3. The van der Waals surface area contributed by atoms with Crippen molar-refractivity contribution in [1.82, 2.24) is 14.8 Å². The summed E-state index contributed by atoms with van der Waals surface area (Å²) in [6.07, 6.45) is 0. The van der Waals surface area contributed by atoms with Crippen LogP contribution in [-0.4, -0.2) is 33.1 Å². The molecule has 6 nitrogen and oxygen atoms in total. The molecule has 0 unspecified atom stereocenters. The van der Waals surface area contributed by atoms with Gasteiger partial charge in [0.1, 0.15) is 5.82 Å². The first-order valence-corrected chi connectivity index (χ1v) is 10.0. The van der Waals surface area contributed by atoms with E-state index in [2.05, 4.69) is 10.1 Å². The van der Waals surface area contributed by atoms with E-state index >= 15 is 0 Å². The minimum atomic E-state index is -0.852. The third kappa shape index (κ3) is 4.58. The predicted molar refractivity (Wildman–Crippen MR) is 118 cm³/mol. The smallest absolute Gasteiger partial charge is 0.378 e. The number of aryl methyl sites for hydroxylation is 1. The maximum atomic E-state index is 13.4. The number of nitrogens with zero attached hydrogens (tertiary/aromatic N) is 3. The van der Waals surface area contributed by atoms with E-state index in [0.717, 1.165) is 5.56 Å². The molecule has 0 amide bonds. The monoisotopic (exact) mass is 449 g/mol. The third-order valence-corrected chi connectivity index (χ3v) is 5.13. The van der Waals surface area contributed by atoms with Gasteiger partial charge in [0.05, 0.1) is 5.69 Å². The second-order valence-corrected chi connectivity index (χ2v) is 7.38. The molecule has 0 radical (unpaired) electrons. The topological polar surface area (TPSA) is 74.1 Å². The number of carbonyl (C=O) groups is 2. The van der Waals surface area contributed by atoms with Gasteiger partial charge in [-0.05, 0) is 48.9 Å². The molecular weight excluding hydrogens is 433 g/mol. The fourth-order valence-electron chi connectivity index (χ4n) is 2.98. The van der Waals surface area contributed by atoms with Crippen molar-refractivity contribution in [3.05, 3.63) is 101 Å². The van der Waals surface area contributed by atoms with Crippen LogP contribution in [0.2, 0.25) is 5.02 Å². The zero-order valence-corrected chi connectivity index (χ0v) is 17.7. The highest BCUT2D eigenvalue weighted by Gasteiger charge is 2.21. The molecule has 32 heavy (non-hydrogen) atoms. The molecule has 0 N–H and O–H groups in total. The molecule has 0 atom stereocenters. The highest BCUT2D eigenvalue weighted by atomic mass is 35.5. The Labute approximate surface area is 188 Å². The summed E-state index contributed by atoms with van der Waals surface area (Å²) < 4.78 is 20.0. The lowest BCUT2D eigenvalue weighted by Gasteiger charge is -2.07. The first-order valence-electron chi connectivity index (χ1n) is 9.67. The average Bonchev–Trinajstić information content (AvgIpc) is 3.25. The molecule has 1 heterocycles. The number of benzene rings is 3. The number of ketones is 1. The van der Waals surface area contributed by atoms with E-state index in [1.54, 1.807) is 42.5 Å². The summed E-state index contributed by atoms with van der Waals surface area (Å²) in [6, 6.07) is 19.4. The van der Waals surface area contributed by atoms with Crippen LogP contribution in [0.25, 0.3) is 17.1 Å². The molecule has 8 heteroatoms. The fraction of sp³-hybridized carbons (Fsp3) is 0.0833. The van der Waals surface area contributed by atoms with Crippen molar-refractivity contribution in [3.63, 3.8) is 0 Å². The molecule has 0 aliphatic heterocycles. The number of hydrogen-bond acceptors (Lipinski definition) is 5. The van der Waals surface area contributed by atoms with Crippen LogP contribution < -0.4 is 0 Å². The van der Waals surface area contributed by atoms with Crippen LogP contribution in [0.4, 0.5) is 4.39 Å². The van der Waals surface area contributed by atoms with Crippen LogP contribution in [0.5, 0.6) is 0 Å². The highest BCUT2D eigenvalue weighted by Crippen LogP contribution is 2.25. The van der Waals surface area contributed by atoms with E-state index < -0.39 is 18.4 Å². The number of aromatic nitrogens is 3. The zero-order valence-electron chi connectivity index (χ0n) is 17.0. The first-order chi connectivity index (χ1) is 15.4. The van der Waals surface area contributed by atoms with Crippen molar-refractivity contribution >= 4 is 23.4 Å². The van der Waals surface area contributed by atoms with Gasteiger partial charge in [0.25, 0.3) is 5.82 Å². The number of Topliss-reactive ketones (excluding diaryl/α,β-unsaturated/α-hetero) is 1. The van der Waals surface area contributed by atoms with Crippen LogP contribution in [0.15, 0.2) is 72.8 Å². The molecule has 0 spiro atoms. The van der Waals surface area contributed by atoms with Crippen LogP contribution in [0.3, 0.4) is 0 Å². The second-order valence-electron chi connectivity index (χ2n) is 6.98. The molecule has 4 aromatic rings. The number of hydrogen-bond donors (Lipinski definition) is 0. The van der Waals surface area contributed by atoms with Crippen LogP contribution in [0, 0.1) is 12.7 Å². The minimum Gasteiger partial charge on any atom is -0.451 e. The van der Waals surface area contributed by atoms with Crippen molar-refractivity contribution < 1.29 is 18.7 Å². The Hall–Kier alpha value is -3.84. The number of halogens is 2. The van der Waals surface area contributed by atoms with Crippen molar-refractivity contribution in [3.8, 4) is 17.1 Å². The van der Waals surface area contributed by atoms with E-state index in [4.69, 9.17) is 16.3 Å². The van der Waals surface area contributed by atoms with Crippen LogP contribution >= 0.6 is 11.6 Å². The van der Waals surface area contributed by atoms with Gasteiger partial charge in [-0.3, -0.25) is 4.79 Å². The van der Waals surface area contributed by atoms with Crippen molar-refractivity contribution in [1.29, 1.82) is 0 Å². The lowest BCUT2D eigenvalue weighted by Crippen LogP contribution is -2.15. The normalized spacial score (nSPS) is 10.7. The highest BCUT2D eigenvalue weighted by molar-refractivity contribution is 6.31. The Bertz CT molecular complexity index is 1290. The molecule has 0 aliphatic carbocycles. The Morgan fingerprint density at radius 1 is 1.03 bits per heavy atom. The van der Waals surface area contributed by atoms with E-state index in [1.807, 2.05) is 13.0 Å². The lowest BCUT2D eigenvalue weighted by atomic mass is 10.1. The largest absolute Gasteiger partial charge is 0.451 e. The number of carbonyl (C=O) groups excluding carboxylic acids is 2. The second kappa shape index (κ2) is 9.11. The first kappa shape index (κ1) is 21.4. The van der Waals surface area contributed by atoms with Crippen LogP contribution in [0.1, 0.15) is 26.5 Å². The minimum absolute atomic E-state index is 0.234. The average molecular weight is 450 g/mol. The summed E-state index contributed by atoms with van der Waals surface area (Å²) in [7, 11) is 0. The Morgan fingerprint density at radius 3 is 2.44 bits per heavy atom. The fourth-order valence-corrected chi connectivity index (χ4v) is 3.16. The maximum absolute atomic E-state index is 13.4. The summed E-state index contributed by atoms with van der Waals surface area (Å²) in [4.78, 5) is 29.1. The molecule has 3 aromatic carbocycles. The summed E-state index contributed by atoms with van der Waals surface area (Å²) in [5, 5.41) is 4.78. The van der Waals surface area contributed by atoms with Crippen LogP contribution in [-0.2, 0) is 4.74 Å². The van der Waals surface area contributed by atoms with E-state index in [1.165, 1.54) is 28.9 Å². The van der Waals surface area contributed by atoms with Gasteiger partial charge in [-0.1, -0.05) is 48.0 Å². The SMILES string of the molecule is Cc1ccc(-n2nc(C(=O)OCC(=O)c3ccccc3)nc2-c2ccc(F)cc2)cc1Cl. The Balaban J connectivity index is 1.65. The van der Waals surface area contributed by atoms with Crippen molar-refractivity contribution in [2.75, 3.05) is 6.61 Å². The quantitative estimate of drug-likeness (QED) is 0.303. The molecule has 160 valence electrons. The molecule has 0 aliphatic rings. The van der Waals surface area contributed by atoms with Gasteiger partial charge in [0, 0.05) is 16.1 Å². The van der Waals surface area contributed by atoms with Gasteiger partial charge < -0.3 is 4.74 Å². The molecule has 4 rings (SSSR count). The van der Waals surface area contributed by atoms with Gasteiger partial charge in [-0.2, -0.15) is 0 Å². The van der Waals surface area contributed by atoms with Gasteiger partial charge in [0.2, 0.25) is 0 Å². The number of ether oxygens (including phenoxy) is 1. The predicted octanol–water partition coefficient (Wildman–Crippen LogP) is 5.07. The summed E-state index contributed by atoms with van der Waals surface area (Å²) >= 11 is 6.25. The van der Waals surface area contributed by atoms with Crippen molar-refractivity contribution in [2.45, 2.75) is 6.92 Å². The zero-order chi connectivity index (χ0) is 22.7. The lowest BCUT2D eigenvalue weighted by molar-refractivity contribution is 0.0462. The van der Waals surface area contributed by atoms with Crippen molar-refractivity contribution in [2.24, 2.45) is 0 Å². The Morgan fingerprint density at radius 2 is 1.75 bits per heavy atom.